The molecule has 13 aromatic rings. The Morgan fingerprint density at radius 2 is 0.667 bits per heavy atom. The molecule has 12 aromatic carbocycles. The van der Waals surface area contributed by atoms with Crippen molar-refractivity contribution in [2.45, 2.75) is 0 Å². The number of hydrogen-bond donors (Lipinski definition) is 0. The molecule has 13 rings (SSSR count). The van der Waals surface area contributed by atoms with E-state index in [0.717, 1.165) is 45.0 Å². The van der Waals surface area contributed by atoms with Gasteiger partial charge in [-0.25, -0.2) is 0 Å². The van der Waals surface area contributed by atoms with E-state index in [1.54, 1.807) is 0 Å². The van der Waals surface area contributed by atoms with Gasteiger partial charge >= 0.3 is 0 Å². The molecule has 2 nitrogen and oxygen atoms in total. The van der Waals surface area contributed by atoms with Gasteiger partial charge in [0.1, 0.15) is 0 Å². The Bertz CT molecular complexity index is 4000. The van der Waals surface area contributed by atoms with E-state index in [1.807, 2.05) is 0 Å². The van der Waals surface area contributed by atoms with E-state index in [9.17, 15) is 0 Å². The van der Waals surface area contributed by atoms with Gasteiger partial charge in [-0.2, -0.15) is 0 Å². The van der Waals surface area contributed by atoms with Gasteiger partial charge < -0.3 is 9.47 Å². The summed E-state index contributed by atoms with van der Waals surface area (Å²) in [5.74, 6) is 0. The predicted molar refractivity (Wildman–Crippen MR) is 306 cm³/mol. The first-order valence-electron chi connectivity index (χ1n) is 24.7. The third-order valence-corrected chi connectivity index (χ3v) is 14.2. The maximum absolute atomic E-state index is 2.44. The minimum Gasteiger partial charge on any atom is -0.310 e. The maximum Gasteiger partial charge on any atom is 0.0546 e. The van der Waals surface area contributed by atoms with Crippen LogP contribution >= 0.6 is 0 Å². The molecule has 0 N–H and O–H groups in total. The zero-order chi connectivity index (χ0) is 47.8. The third-order valence-electron chi connectivity index (χ3n) is 14.2. The standard InChI is InChI=1S/C70H48N2/c1-3-18-52(19-4-1)62-27-9-10-30-66(62)70-63(54-20-5-2-6-21-54)32-17-35-69(70)71(57-44-40-50(41-45-57)49-36-38-55(39-37-49)61-31-16-23-53-22-7-8-26-60(53)61)58-46-42-51(43-47-58)56-24-15-25-59(48-56)72-67-33-13-11-28-64(67)65-29-12-14-34-68(65)72/h1-48H. The van der Waals surface area contributed by atoms with Crippen LogP contribution in [0, 0.1) is 0 Å². The van der Waals surface area contributed by atoms with Crippen LogP contribution in [0.1, 0.15) is 0 Å². The first-order chi connectivity index (χ1) is 35.7. The molecule has 0 spiro atoms. The molecule has 338 valence electrons. The minimum absolute atomic E-state index is 1.06. The molecule has 72 heavy (non-hydrogen) atoms. The van der Waals surface area contributed by atoms with Crippen molar-refractivity contribution in [1.82, 2.24) is 4.57 Å². The lowest BCUT2D eigenvalue weighted by molar-refractivity contribution is 1.18. The highest BCUT2D eigenvalue weighted by molar-refractivity contribution is 6.09. The normalized spacial score (nSPS) is 11.3. The summed E-state index contributed by atoms with van der Waals surface area (Å²) < 4.78 is 2.39. The lowest BCUT2D eigenvalue weighted by Gasteiger charge is -2.30. The molecule has 0 saturated heterocycles. The third kappa shape index (κ3) is 7.73. The van der Waals surface area contributed by atoms with Gasteiger partial charge in [0, 0.05) is 33.4 Å². The summed E-state index contributed by atoms with van der Waals surface area (Å²) in [6.45, 7) is 0. The van der Waals surface area contributed by atoms with Crippen molar-refractivity contribution in [2.24, 2.45) is 0 Å². The van der Waals surface area contributed by atoms with Gasteiger partial charge in [-0.1, -0.05) is 237 Å². The molecule has 0 aliphatic rings. The summed E-state index contributed by atoms with van der Waals surface area (Å²) in [4.78, 5) is 2.44. The number of para-hydroxylation sites is 2. The van der Waals surface area contributed by atoms with Crippen LogP contribution in [0.5, 0.6) is 0 Å². The SMILES string of the molecule is c1ccc(-c2ccccc2-c2c(-c3ccccc3)cccc2N(c2ccc(-c3ccc(-c4cccc5ccccc45)cc3)cc2)c2ccc(-c3cccc(-n4c5ccccc5c5ccccc54)c3)cc2)cc1. The second-order valence-corrected chi connectivity index (χ2v) is 18.4. The Balaban J connectivity index is 0.943. The molecule has 0 unspecified atom stereocenters. The first-order valence-corrected chi connectivity index (χ1v) is 24.7. The van der Waals surface area contributed by atoms with Gasteiger partial charge in [0.15, 0.2) is 0 Å². The Kier molecular flexibility index (Phi) is 10.9. The lowest BCUT2D eigenvalue weighted by Crippen LogP contribution is -2.12. The van der Waals surface area contributed by atoms with E-state index in [4.69, 9.17) is 0 Å². The molecule has 0 aliphatic heterocycles. The average molecular weight is 917 g/mol. The number of anilines is 3. The number of benzene rings is 12. The molecular weight excluding hydrogens is 869 g/mol. The number of rotatable bonds is 10. The van der Waals surface area contributed by atoms with Crippen molar-refractivity contribution in [2.75, 3.05) is 4.90 Å². The second-order valence-electron chi connectivity index (χ2n) is 18.4. The first kappa shape index (κ1) is 42.6. The molecular formula is C70H48N2. The molecule has 0 aliphatic carbocycles. The number of fused-ring (bicyclic) bond motifs is 4. The zero-order valence-electron chi connectivity index (χ0n) is 39.6. The fourth-order valence-electron chi connectivity index (χ4n) is 10.8. The van der Waals surface area contributed by atoms with E-state index < -0.39 is 0 Å². The number of hydrogen-bond acceptors (Lipinski definition) is 1. The van der Waals surface area contributed by atoms with E-state index in [2.05, 4.69) is 301 Å². The highest BCUT2D eigenvalue weighted by atomic mass is 15.1. The highest BCUT2D eigenvalue weighted by Crippen LogP contribution is 2.48. The summed E-state index contributed by atoms with van der Waals surface area (Å²) in [5.41, 5.74) is 20.9. The summed E-state index contributed by atoms with van der Waals surface area (Å²) >= 11 is 0. The van der Waals surface area contributed by atoms with Crippen LogP contribution in [0.3, 0.4) is 0 Å². The van der Waals surface area contributed by atoms with Crippen LogP contribution in [-0.2, 0) is 0 Å². The molecule has 0 radical (unpaired) electrons. The van der Waals surface area contributed by atoms with Crippen molar-refractivity contribution in [3.63, 3.8) is 0 Å². The predicted octanol–water partition coefficient (Wildman–Crippen LogP) is 19.4. The summed E-state index contributed by atoms with van der Waals surface area (Å²) in [6.07, 6.45) is 0. The van der Waals surface area contributed by atoms with Crippen molar-refractivity contribution in [3.8, 4) is 72.4 Å². The van der Waals surface area contributed by atoms with Crippen molar-refractivity contribution < 1.29 is 0 Å². The van der Waals surface area contributed by atoms with Gasteiger partial charge in [0.2, 0.25) is 0 Å². The van der Waals surface area contributed by atoms with Crippen molar-refractivity contribution in [1.29, 1.82) is 0 Å². The second kappa shape index (κ2) is 18.4. The monoisotopic (exact) mass is 916 g/mol. The van der Waals surface area contributed by atoms with E-state index in [0.29, 0.717) is 0 Å². The minimum atomic E-state index is 1.06. The summed E-state index contributed by atoms with van der Waals surface area (Å²) in [5, 5.41) is 5.03. The number of nitrogens with zero attached hydrogens (tertiary/aromatic N) is 2. The fourth-order valence-corrected chi connectivity index (χ4v) is 10.8. The van der Waals surface area contributed by atoms with Gasteiger partial charge in [-0.15, -0.1) is 0 Å². The van der Waals surface area contributed by atoms with Gasteiger partial charge in [-0.05, 0) is 127 Å². The van der Waals surface area contributed by atoms with Crippen LogP contribution < -0.4 is 4.90 Å². The molecule has 0 fully saturated rings. The van der Waals surface area contributed by atoms with Crippen LogP contribution in [0.15, 0.2) is 291 Å². The fraction of sp³-hybridized carbons (Fsp3) is 0. The summed E-state index contributed by atoms with van der Waals surface area (Å²) in [7, 11) is 0. The molecule has 1 aromatic heterocycles. The van der Waals surface area contributed by atoms with Gasteiger partial charge in [0.25, 0.3) is 0 Å². The quantitative estimate of drug-likeness (QED) is 0.133. The molecule has 0 amide bonds. The van der Waals surface area contributed by atoms with E-state index >= 15 is 0 Å². The Morgan fingerprint density at radius 1 is 0.250 bits per heavy atom. The maximum atomic E-state index is 2.44. The van der Waals surface area contributed by atoms with E-state index in [-0.39, 0.29) is 0 Å². The molecule has 0 bridgehead atoms. The van der Waals surface area contributed by atoms with Gasteiger partial charge in [-0.3, -0.25) is 0 Å². The van der Waals surface area contributed by atoms with E-state index in [1.165, 1.54) is 77.1 Å². The largest absolute Gasteiger partial charge is 0.310 e. The summed E-state index contributed by atoms with van der Waals surface area (Å²) in [6, 6.07) is 106. The van der Waals surface area contributed by atoms with Crippen molar-refractivity contribution >= 4 is 49.6 Å². The van der Waals surface area contributed by atoms with Gasteiger partial charge in [0.05, 0.1) is 16.7 Å². The Labute approximate surface area is 420 Å². The molecule has 1 heterocycles. The molecule has 0 saturated carbocycles. The lowest BCUT2D eigenvalue weighted by atomic mass is 9.87. The number of aromatic nitrogens is 1. The zero-order valence-corrected chi connectivity index (χ0v) is 39.6. The van der Waals surface area contributed by atoms with Crippen LogP contribution in [-0.4, -0.2) is 4.57 Å². The topological polar surface area (TPSA) is 8.17 Å². The van der Waals surface area contributed by atoms with Crippen LogP contribution in [0.2, 0.25) is 0 Å². The molecule has 0 atom stereocenters. The van der Waals surface area contributed by atoms with Crippen LogP contribution in [0.4, 0.5) is 17.1 Å². The van der Waals surface area contributed by atoms with Crippen molar-refractivity contribution in [3.05, 3.63) is 291 Å². The van der Waals surface area contributed by atoms with Crippen LogP contribution in [0.25, 0.3) is 105 Å². The smallest absolute Gasteiger partial charge is 0.0546 e. The Hall–Kier alpha value is -9.50. The average Bonchev–Trinajstić information content (AvgIpc) is 3.80. The Morgan fingerprint density at radius 3 is 1.32 bits per heavy atom. The highest BCUT2D eigenvalue weighted by Gasteiger charge is 2.23. The molecule has 2 heteroatoms.